The van der Waals surface area contributed by atoms with Crippen LogP contribution in [-0.4, -0.2) is 27.0 Å². The second-order valence-electron chi connectivity index (χ2n) is 14.7. The largest absolute Gasteiger partial charge is 0.465 e. The Morgan fingerprint density at radius 2 is 1.79 bits per heavy atom. The van der Waals surface area contributed by atoms with Crippen molar-refractivity contribution in [3.05, 3.63) is 11.6 Å². The second kappa shape index (κ2) is 8.47. The average Bonchev–Trinajstić information content (AvgIpc) is 3.11. The molecular formula is C30H50O3Si. The quantitative estimate of drug-likeness (QED) is 0.231. The van der Waals surface area contributed by atoms with Gasteiger partial charge in [-0.25, -0.2) is 0 Å². The number of fused-ring (bicyclic) bond motifs is 5. The molecule has 1 aliphatic heterocycles. The molecule has 3 saturated carbocycles. The third-order valence-corrected chi connectivity index (χ3v) is 16.6. The van der Waals surface area contributed by atoms with E-state index in [0.717, 1.165) is 30.1 Å². The first-order valence-electron chi connectivity index (χ1n) is 14.4. The lowest BCUT2D eigenvalue weighted by Gasteiger charge is -2.61. The summed E-state index contributed by atoms with van der Waals surface area (Å²) in [5.74, 6) is 3.87. The highest BCUT2D eigenvalue weighted by atomic mass is 28.4. The van der Waals surface area contributed by atoms with E-state index < -0.39 is 8.32 Å². The Hall–Kier alpha value is -0.613. The minimum atomic E-state index is -1.70. The Balaban J connectivity index is 1.28. The topological polar surface area (TPSA) is 35.5 Å². The zero-order valence-electron chi connectivity index (χ0n) is 23.0. The maximum absolute atomic E-state index is 11.6. The Morgan fingerprint density at radius 3 is 2.47 bits per heavy atom. The van der Waals surface area contributed by atoms with E-state index in [4.69, 9.17) is 9.16 Å². The predicted molar refractivity (Wildman–Crippen MR) is 141 cm³/mol. The monoisotopic (exact) mass is 486 g/mol. The van der Waals surface area contributed by atoms with Gasteiger partial charge in [0.1, 0.15) is 0 Å². The molecule has 4 heteroatoms. The van der Waals surface area contributed by atoms with Crippen LogP contribution in [0.3, 0.4) is 0 Å². The summed E-state index contributed by atoms with van der Waals surface area (Å²) < 4.78 is 12.4. The molecule has 5 aliphatic rings. The van der Waals surface area contributed by atoms with Gasteiger partial charge in [0.2, 0.25) is 0 Å². The van der Waals surface area contributed by atoms with Gasteiger partial charge in [0.15, 0.2) is 8.32 Å². The number of hydrogen-bond donors (Lipinski definition) is 0. The maximum atomic E-state index is 11.6. The molecule has 0 aromatic heterocycles. The van der Waals surface area contributed by atoms with Crippen molar-refractivity contribution in [3.8, 4) is 0 Å². The van der Waals surface area contributed by atoms with Crippen molar-refractivity contribution < 1.29 is 14.0 Å². The van der Waals surface area contributed by atoms with Gasteiger partial charge in [-0.05, 0) is 110 Å². The van der Waals surface area contributed by atoms with Crippen molar-refractivity contribution in [2.24, 2.45) is 40.4 Å². The number of carbonyl (C=O) groups excluding carboxylic acids is 1. The molecule has 1 saturated heterocycles. The summed E-state index contributed by atoms with van der Waals surface area (Å²) in [4.78, 5) is 11.6. The molecule has 0 bridgehead atoms. The molecule has 8 atom stereocenters. The van der Waals surface area contributed by atoms with E-state index in [1.807, 2.05) is 0 Å². The first kappa shape index (κ1) is 25.1. The summed E-state index contributed by atoms with van der Waals surface area (Å²) in [6.45, 7) is 17.8. The third-order valence-electron chi connectivity index (χ3n) is 12.1. The van der Waals surface area contributed by atoms with E-state index >= 15 is 0 Å². The van der Waals surface area contributed by atoms with E-state index in [1.54, 1.807) is 5.57 Å². The van der Waals surface area contributed by atoms with E-state index in [1.165, 1.54) is 51.4 Å². The van der Waals surface area contributed by atoms with E-state index in [0.29, 0.717) is 40.9 Å². The number of cyclic esters (lactones) is 1. The van der Waals surface area contributed by atoms with Gasteiger partial charge in [0.25, 0.3) is 0 Å². The Morgan fingerprint density at radius 1 is 1.03 bits per heavy atom. The van der Waals surface area contributed by atoms with Gasteiger partial charge in [-0.2, -0.15) is 0 Å². The van der Waals surface area contributed by atoms with Crippen LogP contribution >= 0.6 is 0 Å². The van der Waals surface area contributed by atoms with Crippen LogP contribution in [0.2, 0.25) is 18.1 Å². The number of ether oxygens (including phenoxy) is 1. The van der Waals surface area contributed by atoms with Crippen LogP contribution in [0.4, 0.5) is 0 Å². The fourth-order valence-corrected chi connectivity index (χ4v) is 10.4. The summed E-state index contributed by atoms with van der Waals surface area (Å²) in [5.41, 5.74) is 2.49. The van der Waals surface area contributed by atoms with Gasteiger partial charge < -0.3 is 9.16 Å². The predicted octanol–water partition coefficient (Wildman–Crippen LogP) is 7.91. The molecule has 0 spiro atoms. The van der Waals surface area contributed by atoms with Crippen molar-refractivity contribution in [3.63, 3.8) is 0 Å². The molecule has 192 valence electrons. The van der Waals surface area contributed by atoms with Crippen molar-refractivity contribution >= 4 is 14.3 Å². The summed E-state index contributed by atoms with van der Waals surface area (Å²) in [7, 11) is -1.70. The lowest BCUT2D eigenvalue weighted by molar-refractivity contribution is -0.149. The summed E-state index contributed by atoms with van der Waals surface area (Å²) in [5, 5.41) is 0.295. The van der Waals surface area contributed by atoms with Crippen molar-refractivity contribution in [2.45, 2.75) is 123 Å². The zero-order chi connectivity index (χ0) is 24.5. The minimum absolute atomic E-state index is 0.000332. The summed E-state index contributed by atoms with van der Waals surface area (Å²) >= 11 is 0. The molecule has 1 heterocycles. The van der Waals surface area contributed by atoms with Crippen molar-refractivity contribution in [1.29, 1.82) is 0 Å². The molecule has 0 unspecified atom stereocenters. The zero-order valence-corrected chi connectivity index (χ0v) is 24.0. The van der Waals surface area contributed by atoms with Crippen LogP contribution in [0.15, 0.2) is 11.6 Å². The van der Waals surface area contributed by atoms with Crippen LogP contribution in [0, 0.1) is 40.4 Å². The number of esters is 1. The molecule has 0 aromatic rings. The van der Waals surface area contributed by atoms with Crippen molar-refractivity contribution in [1.82, 2.24) is 0 Å². The van der Waals surface area contributed by atoms with Gasteiger partial charge in [0, 0.05) is 18.4 Å². The Kier molecular flexibility index (Phi) is 6.24. The van der Waals surface area contributed by atoms with E-state index in [2.05, 4.69) is 53.8 Å². The maximum Gasteiger partial charge on any atom is 0.305 e. The highest BCUT2D eigenvalue weighted by Gasteiger charge is 2.59. The number of carbonyl (C=O) groups is 1. The van der Waals surface area contributed by atoms with Gasteiger partial charge >= 0.3 is 5.97 Å². The smallest absolute Gasteiger partial charge is 0.305 e. The van der Waals surface area contributed by atoms with Crippen LogP contribution in [0.25, 0.3) is 0 Å². The second-order valence-corrected chi connectivity index (χ2v) is 19.5. The molecule has 0 radical (unpaired) electrons. The highest BCUT2D eigenvalue weighted by molar-refractivity contribution is 6.74. The van der Waals surface area contributed by atoms with Crippen LogP contribution < -0.4 is 0 Å². The first-order valence-corrected chi connectivity index (χ1v) is 17.3. The molecule has 4 aliphatic carbocycles. The lowest BCUT2D eigenvalue weighted by Crippen LogP contribution is -2.55. The fraction of sp³-hybridized carbons (Fsp3) is 0.900. The molecule has 0 aromatic carbocycles. The number of allylic oxidation sites excluding steroid dienone is 1. The first-order chi connectivity index (χ1) is 15.8. The summed E-state index contributed by atoms with van der Waals surface area (Å²) in [6, 6.07) is 0. The SMILES string of the molecule is CC(C)(C)[Si](C)(C)O[C@H]1CC[C@@]2(C)[C@H](CC[C@H]3[C@H]4CC=C([C@H]5CCC(=O)OC5)[C@@]4(C)CC[C@@H]32)C1. The van der Waals surface area contributed by atoms with E-state index in [-0.39, 0.29) is 5.97 Å². The summed E-state index contributed by atoms with van der Waals surface area (Å²) in [6.07, 6.45) is 15.4. The van der Waals surface area contributed by atoms with Crippen LogP contribution in [0.1, 0.15) is 98.8 Å². The Labute approximate surface area is 209 Å². The standard InChI is InChI=1S/C30H50O3Si/c1-28(2,3)34(6,7)33-22-14-16-29(4)21(18-22)9-10-23-25-12-11-24(20-8-13-27(31)32-19-20)30(25,5)17-15-26(23)29/h11,20-23,25-26H,8-10,12-19H2,1-7H3/t20-,21+,22-,23-,25+,26-,29-,30+/m0/s1. The van der Waals surface area contributed by atoms with E-state index in [9.17, 15) is 4.79 Å². The molecule has 4 fully saturated rings. The molecule has 5 rings (SSSR count). The van der Waals surface area contributed by atoms with Crippen LogP contribution in [-0.2, 0) is 14.0 Å². The minimum Gasteiger partial charge on any atom is -0.465 e. The highest BCUT2D eigenvalue weighted by Crippen LogP contribution is 2.67. The molecule has 34 heavy (non-hydrogen) atoms. The lowest BCUT2D eigenvalue weighted by atomic mass is 9.44. The molecule has 3 nitrogen and oxygen atoms in total. The van der Waals surface area contributed by atoms with Gasteiger partial charge in [0.05, 0.1) is 6.61 Å². The number of rotatable bonds is 3. The van der Waals surface area contributed by atoms with Crippen LogP contribution in [0.5, 0.6) is 0 Å². The fourth-order valence-electron chi connectivity index (χ4n) is 9.04. The van der Waals surface area contributed by atoms with Gasteiger partial charge in [-0.15, -0.1) is 0 Å². The number of hydrogen-bond acceptors (Lipinski definition) is 3. The van der Waals surface area contributed by atoms with Gasteiger partial charge in [-0.1, -0.05) is 46.3 Å². The van der Waals surface area contributed by atoms with Gasteiger partial charge in [-0.3, -0.25) is 4.79 Å². The Bertz CT molecular complexity index is 830. The van der Waals surface area contributed by atoms with Crippen molar-refractivity contribution in [2.75, 3.05) is 6.61 Å². The molecule has 0 N–H and O–H groups in total. The molecule has 0 amide bonds. The average molecular weight is 487 g/mol. The normalized spacial score (nSPS) is 45.0. The third kappa shape index (κ3) is 3.98. The molecular weight excluding hydrogens is 436 g/mol.